The Kier molecular flexibility index (Phi) is 60.2. The van der Waals surface area contributed by atoms with Gasteiger partial charge in [-0.2, -0.15) is 0 Å². The number of halogens is 1. The van der Waals surface area contributed by atoms with Crippen molar-refractivity contribution in [3.63, 3.8) is 0 Å². The number of unbranched alkanes of at least 4 members (excludes halogenated alkanes) is 30. The van der Waals surface area contributed by atoms with Crippen LogP contribution >= 0.6 is 15.9 Å². The first-order valence-electron chi connectivity index (χ1n) is 47.0. The van der Waals surface area contributed by atoms with E-state index in [4.69, 9.17) is 0 Å². The molecule has 6 aromatic carbocycles. The SMILES string of the molecule is CCCCCCCCc1c[c-]c(-c2ccccn2)cc1.CCCCCCCCc1c[c-]c(-c2ccccn2)cc1.CCCCCCCCc1c[c-]c(-c2ccccn2)cc1.CCCCCCCCc1c[c-]c(-c2ccccn2)cc1.CCCCCCCCc1c[c-]c(-c2ccccn2)cc1.CCCCCCCCc1c[c-]c(-c2ccccn2)cc1Br.[Ir+3].[Ir+3]. The maximum Gasteiger partial charge on any atom is 3.00 e. The van der Waals surface area contributed by atoms with Gasteiger partial charge in [0, 0.05) is 37.2 Å². The standard InChI is InChI=1S/C19H23BrN.5C19H24N.2Ir/c1-2-3-4-5-6-7-10-16-12-13-17(15-18(16)20)19-11-8-9-14-21-19;5*1-2-3-4-5-6-7-10-17-12-14-18(15-13-17)19-11-8-9-16-20-19;;/h8-9,11-12,14-15H,2-7,10H2,1H3;5*8-9,11-14,16H,2-7,10H2,1H3;;/q6*-1;2*+3. The molecule has 0 atom stereocenters. The van der Waals surface area contributed by atoms with Gasteiger partial charge in [-0.05, 0) is 70.6 Å². The Balaban J connectivity index is 0.000000261. The minimum atomic E-state index is 0. The van der Waals surface area contributed by atoms with E-state index in [-0.39, 0.29) is 40.2 Å². The molecular formula is C114H143BrIr2N6. The van der Waals surface area contributed by atoms with E-state index in [1.54, 1.807) is 0 Å². The minimum Gasteiger partial charge on any atom is -0.305 e. The normalized spacial score (nSPS) is 10.5. The molecule has 6 heterocycles. The van der Waals surface area contributed by atoms with Crippen molar-refractivity contribution in [2.24, 2.45) is 0 Å². The van der Waals surface area contributed by atoms with Crippen LogP contribution in [0.5, 0.6) is 0 Å². The first-order valence-corrected chi connectivity index (χ1v) is 47.8. The summed E-state index contributed by atoms with van der Waals surface area (Å²) in [6.07, 6.45) is 66.5. The smallest absolute Gasteiger partial charge is 0.305 e. The zero-order valence-corrected chi connectivity index (χ0v) is 82.0. The molecule has 0 spiro atoms. The first-order chi connectivity index (χ1) is 59.8. The Hall–Kier alpha value is -8.00. The number of aromatic nitrogens is 6. The largest absolute Gasteiger partial charge is 3.00 e. The number of benzene rings is 6. The van der Waals surface area contributed by atoms with Crippen LogP contribution in [0.2, 0.25) is 0 Å². The molecule has 0 radical (unpaired) electrons. The summed E-state index contributed by atoms with van der Waals surface area (Å²) in [7, 11) is 0. The van der Waals surface area contributed by atoms with Gasteiger partial charge in [-0.3, -0.25) is 0 Å². The number of nitrogens with zero attached hydrogens (tertiary/aromatic N) is 6. The van der Waals surface area contributed by atoms with Crippen LogP contribution in [-0.2, 0) is 78.7 Å². The molecule has 0 aliphatic rings. The number of hydrogen-bond acceptors (Lipinski definition) is 6. The molecule has 0 saturated carbocycles. The fraction of sp³-hybridized carbons (Fsp3) is 0.421. The average Bonchev–Trinajstić information content (AvgIpc) is 0.809. The fourth-order valence-electron chi connectivity index (χ4n) is 14.5. The van der Waals surface area contributed by atoms with Crippen molar-refractivity contribution >= 4 is 15.9 Å². The van der Waals surface area contributed by atoms with Crippen molar-refractivity contribution in [2.75, 3.05) is 0 Å². The zero-order chi connectivity index (χ0) is 85.1. The number of hydrogen-bond donors (Lipinski definition) is 0. The molecule has 0 aliphatic heterocycles. The Labute approximate surface area is 782 Å². The molecular weight excluding hydrogens is 1920 g/mol. The molecule has 12 aromatic rings. The molecule has 0 bridgehead atoms. The summed E-state index contributed by atoms with van der Waals surface area (Å²) in [5, 5.41) is 0. The van der Waals surface area contributed by atoms with Crippen molar-refractivity contribution in [3.8, 4) is 67.5 Å². The number of pyridine rings is 6. The first kappa shape index (κ1) is 106. The van der Waals surface area contributed by atoms with Gasteiger partial charge in [0.05, 0.1) is 0 Å². The Morgan fingerprint density at radius 2 is 0.390 bits per heavy atom. The van der Waals surface area contributed by atoms with Gasteiger partial charge in [-0.25, -0.2) is 0 Å². The van der Waals surface area contributed by atoms with Crippen LogP contribution in [0.1, 0.15) is 306 Å². The van der Waals surface area contributed by atoms with Gasteiger partial charge in [0.15, 0.2) is 0 Å². The molecule has 123 heavy (non-hydrogen) atoms. The summed E-state index contributed by atoms with van der Waals surface area (Å²) in [6, 6.07) is 92.6. The molecule has 0 fully saturated rings. The summed E-state index contributed by atoms with van der Waals surface area (Å²) in [5.74, 6) is 0. The Morgan fingerprint density at radius 3 is 0.569 bits per heavy atom. The third-order valence-corrected chi connectivity index (χ3v) is 22.6. The van der Waals surface area contributed by atoms with Crippen molar-refractivity contribution in [1.82, 2.24) is 29.9 Å². The zero-order valence-electron chi connectivity index (χ0n) is 75.6. The van der Waals surface area contributed by atoms with Gasteiger partial charge in [0.2, 0.25) is 0 Å². The molecule has 9 heteroatoms. The molecule has 0 unspecified atom stereocenters. The van der Waals surface area contributed by atoms with Gasteiger partial charge in [0.25, 0.3) is 0 Å². The van der Waals surface area contributed by atoms with Gasteiger partial charge >= 0.3 is 40.2 Å². The van der Waals surface area contributed by atoms with E-state index in [0.29, 0.717) is 0 Å². The van der Waals surface area contributed by atoms with Crippen molar-refractivity contribution in [1.29, 1.82) is 0 Å². The molecule has 0 N–H and O–H groups in total. The van der Waals surface area contributed by atoms with E-state index in [0.717, 1.165) is 74.0 Å². The third-order valence-electron chi connectivity index (χ3n) is 21.9. The summed E-state index contributed by atoms with van der Waals surface area (Å²) in [5.41, 5.74) is 20.7. The molecule has 6 nitrogen and oxygen atoms in total. The number of aryl methyl sites for hydroxylation is 6. The van der Waals surface area contributed by atoms with Gasteiger partial charge in [-0.1, -0.05) is 404 Å². The molecule has 0 aliphatic carbocycles. The maximum absolute atomic E-state index is 4.37. The van der Waals surface area contributed by atoms with Crippen molar-refractivity contribution < 1.29 is 40.2 Å². The van der Waals surface area contributed by atoms with E-state index in [1.807, 2.05) is 146 Å². The van der Waals surface area contributed by atoms with E-state index in [2.05, 4.69) is 227 Å². The predicted molar refractivity (Wildman–Crippen MR) is 521 cm³/mol. The van der Waals surface area contributed by atoms with Crippen LogP contribution in [-0.4, -0.2) is 29.9 Å². The van der Waals surface area contributed by atoms with Crippen LogP contribution in [0.4, 0.5) is 0 Å². The minimum absolute atomic E-state index is 0. The van der Waals surface area contributed by atoms with Gasteiger partial charge < -0.3 is 29.9 Å². The summed E-state index contributed by atoms with van der Waals surface area (Å²) < 4.78 is 1.18. The van der Waals surface area contributed by atoms with E-state index >= 15 is 0 Å². The van der Waals surface area contributed by atoms with E-state index in [9.17, 15) is 0 Å². The van der Waals surface area contributed by atoms with E-state index < -0.39 is 0 Å². The van der Waals surface area contributed by atoms with Gasteiger partial charge in [0.1, 0.15) is 0 Å². The summed E-state index contributed by atoms with van der Waals surface area (Å²) >= 11 is 3.69. The Morgan fingerprint density at radius 1 is 0.203 bits per heavy atom. The second-order valence-electron chi connectivity index (χ2n) is 32.2. The summed E-state index contributed by atoms with van der Waals surface area (Å²) in [6.45, 7) is 13.6. The van der Waals surface area contributed by atoms with Crippen molar-refractivity contribution in [2.45, 2.75) is 311 Å². The van der Waals surface area contributed by atoms with Gasteiger partial charge in [-0.15, -0.1) is 206 Å². The van der Waals surface area contributed by atoms with E-state index in [1.165, 1.54) is 301 Å². The van der Waals surface area contributed by atoms with Crippen LogP contribution < -0.4 is 0 Å². The molecule has 0 saturated heterocycles. The third kappa shape index (κ3) is 46.7. The van der Waals surface area contributed by atoms with Crippen LogP contribution in [0, 0.1) is 36.4 Å². The number of rotatable bonds is 48. The van der Waals surface area contributed by atoms with Crippen LogP contribution in [0.3, 0.4) is 0 Å². The fourth-order valence-corrected chi connectivity index (χ4v) is 15.0. The molecule has 12 rings (SSSR count). The topological polar surface area (TPSA) is 77.3 Å². The molecule has 654 valence electrons. The molecule has 0 amide bonds. The average molecular weight is 2060 g/mol. The maximum atomic E-state index is 4.37. The summed E-state index contributed by atoms with van der Waals surface area (Å²) in [4.78, 5) is 26.1. The quantitative estimate of drug-likeness (QED) is 0.0279. The molecule has 6 aromatic heterocycles. The van der Waals surface area contributed by atoms with Crippen molar-refractivity contribution in [3.05, 3.63) is 324 Å². The van der Waals surface area contributed by atoms with Crippen LogP contribution in [0.25, 0.3) is 67.5 Å². The monoisotopic (exact) mass is 2060 g/mol. The second kappa shape index (κ2) is 70.2. The van der Waals surface area contributed by atoms with Crippen LogP contribution in [0.15, 0.2) is 254 Å². The Bertz CT molecular complexity index is 3860. The second-order valence-corrected chi connectivity index (χ2v) is 33.0. The predicted octanol–water partition coefficient (Wildman–Crippen LogP) is 33.5.